The Morgan fingerprint density at radius 2 is 1.29 bits per heavy atom. The number of allylic oxidation sites excluding steroid dienone is 2. The lowest BCUT2D eigenvalue weighted by molar-refractivity contribution is -0.0444. The molecule has 0 aliphatic carbocycles. The zero-order valence-electron chi connectivity index (χ0n) is 15.8. The van der Waals surface area contributed by atoms with Gasteiger partial charge in [0.15, 0.2) is 4.24 Å². The van der Waals surface area contributed by atoms with Crippen LogP contribution in [0.15, 0.2) is 28.5 Å². The lowest BCUT2D eigenvalue weighted by Crippen LogP contribution is -2.34. The second-order valence-electron chi connectivity index (χ2n) is 7.13. The summed E-state index contributed by atoms with van der Waals surface area (Å²) < 4.78 is 120. The van der Waals surface area contributed by atoms with E-state index < -0.39 is 34.9 Å². The smallest absolute Gasteiger partial charge is 0.371 e. The first-order chi connectivity index (χ1) is 14.2. The highest BCUT2D eigenvalue weighted by molar-refractivity contribution is 8.15. The molecule has 0 aromatic heterocycles. The standard InChI is InChI=1S/C18H17F6NO4S2/c19-17(20,21)30(26,27)15(31(28,29)18(22,23)24)7-1-4-12-10-13-5-2-8-25-9-3-6-14(11-12)16(13)25/h1,4,7,10-11H,2-3,5-6,8-9H2. The van der Waals surface area contributed by atoms with Gasteiger partial charge in [0.25, 0.3) is 19.7 Å². The summed E-state index contributed by atoms with van der Waals surface area (Å²) in [5.41, 5.74) is -9.00. The van der Waals surface area contributed by atoms with E-state index >= 15 is 0 Å². The fourth-order valence-electron chi connectivity index (χ4n) is 3.72. The Labute approximate surface area is 174 Å². The van der Waals surface area contributed by atoms with Crippen molar-refractivity contribution in [3.8, 4) is 0 Å². The number of aryl methyl sites for hydroxylation is 2. The molecule has 172 valence electrons. The molecule has 0 bridgehead atoms. The number of alkyl halides is 6. The third-order valence-corrected chi connectivity index (χ3v) is 8.88. The summed E-state index contributed by atoms with van der Waals surface area (Å²) >= 11 is 0. The molecule has 0 fully saturated rings. The monoisotopic (exact) mass is 489 g/mol. The molecule has 0 amide bonds. The van der Waals surface area contributed by atoms with E-state index in [1.165, 1.54) is 0 Å². The highest BCUT2D eigenvalue weighted by atomic mass is 32.3. The molecule has 3 rings (SSSR count). The van der Waals surface area contributed by atoms with Gasteiger partial charge in [-0.05, 0) is 60.6 Å². The van der Waals surface area contributed by atoms with Crippen LogP contribution in [0.25, 0.3) is 6.08 Å². The first-order valence-corrected chi connectivity index (χ1v) is 12.0. The van der Waals surface area contributed by atoms with Gasteiger partial charge >= 0.3 is 11.0 Å². The Hall–Kier alpha value is -2.02. The van der Waals surface area contributed by atoms with Crippen LogP contribution in [0, 0.1) is 0 Å². The van der Waals surface area contributed by atoms with E-state index in [0.29, 0.717) is 11.6 Å². The van der Waals surface area contributed by atoms with Crippen molar-refractivity contribution in [1.29, 1.82) is 0 Å². The summed E-state index contributed by atoms with van der Waals surface area (Å²) in [5.74, 6) is 0. The largest absolute Gasteiger partial charge is 0.502 e. The SMILES string of the molecule is O=S(=O)(C(=CC=Cc1cc2c3c(c1)CCCN3CCC2)S(=O)(=O)C(F)(F)F)C(F)(F)F. The molecule has 0 atom stereocenters. The molecule has 0 saturated heterocycles. The maximum absolute atomic E-state index is 12.8. The van der Waals surface area contributed by atoms with Crippen LogP contribution in [0.4, 0.5) is 32.0 Å². The Bertz CT molecular complexity index is 1070. The number of hydrogen-bond acceptors (Lipinski definition) is 5. The molecular formula is C18H17F6NO4S2. The number of hydrogen-bond donors (Lipinski definition) is 0. The molecule has 1 aromatic rings. The summed E-state index contributed by atoms with van der Waals surface area (Å²) in [5, 5.41) is 0. The summed E-state index contributed by atoms with van der Waals surface area (Å²) in [7, 11) is -13.5. The molecule has 5 nitrogen and oxygen atoms in total. The fraction of sp³-hybridized carbons (Fsp3) is 0.444. The second kappa shape index (κ2) is 7.84. The van der Waals surface area contributed by atoms with Gasteiger partial charge in [0.2, 0.25) is 0 Å². The van der Waals surface area contributed by atoms with Crippen LogP contribution in [-0.2, 0) is 32.5 Å². The van der Waals surface area contributed by atoms with Gasteiger partial charge in [0.1, 0.15) is 0 Å². The lowest BCUT2D eigenvalue weighted by atomic mass is 9.90. The average molecular weight is 489 g/mol. The van der Waals surface area contributed by atoms with E-state index in [0.717, 1.165) is 61.7 Å². The van der Waals surface area contributed by atoms with Crippen LogP contribution < -0.4 is 4.90 Å². The molecular weight excluding hydrogens is 472 g/mol. The molecule has 0 spiro atoms. The van der Waals surface area contributed by atoms with E-state index in [1.807, 2.05) is 0 Å². The summed E-state index contributed by atoms with van der Waals surface area (Å²) in [4.78, 5) is 2.22. The van der Waals surface area contributed by atoms with Crippen molar-refractivity contribution in [2.24, 2.45) is 0 Å². The van der Waals surface area contributed by atoms with E-state index in [-0.39, 0.29) is 6.08 Å². The zero-order valence-corrected chi connectivity index (χ0v) is 17.4. The third kappa shape index (κ3) is 4.34. The second-order valence-corrected chi connectivity index (χ2v) is 11.2. The first kappa shape index (κ1) is 23.6. The minimum atomic E-state index is -6.76. The minimum absolute atomic E-state index is 0.178. The van der Waals surface area contributed by atoms with Crippen LogP contribution in [-0.4, -0.2) is 40.9 Å². The molecule has 2 aliphatic heterocycles. The highest BCUT2D eigenvalue weighted by Crippen LogP contribution is 2.39. The molecule has 0 unspecified atom stereocenters. The number of benzene rings is 1. The van der Waals surface area contributed by atoms with Gasteiger partial charge in [-0.2, -0.15) is 26.3 Å². The number of nitrogens with zero attached hydrogens (tertiary/aromatic N) is 1. The van der Waals surface area contributed by atoms with Crippen LogP contribution in [0.1, 0.15) is 29.5 Å². The maximum Gasteiger partial charge on any atom is 0.502 e. The summed E-state index contributed by atoms with van der Waals surface area (Å²) in [6.07, 6.45) is 4.73. The number of anilines is 1. The van der Waals surface area contributed by atoms with Crippen molar-refractivity contribution in [3.05, 3.63) is 45.2 Å². The molecule has 0 radical (unpaired) electrons. The van der Waals surface area contributed by atoms with Crippen molar-refractivity contribution < 1.29 is 43.2 Å². The molecule has 31 heavy (non-hydrogen) atoms. The first-order valence-electron chi connectivity index (χ1n) is 9.08. The van der Waals surface area contributed by atoms with Gasteiger partial charge in [0.05, 0.1) is 0 Å². The highest BCUT2D eigenvalue weighted by Gasteiger charge is 2.59. The van der Waals surface area contributed by atoms with Gasteiger partial charge < -0.3 is 4.90 Å². The predicted octanol–water partition coefficient (Wildman–Crippen LogP) is 4.11. The van der Waals surface area contributed by atoms with Crippen LogP contribution in [0.2, 0.25) is 0 Å². The van der Waals surface area contributed by atoms with Crippen molar-refractivity contribution in [2.75, 3.05) is 18.0 Å². The van der Waals surface area contributed by atoms with Gasteiger partial charge in [-0.1, -0.05) is 12.2 Å². The van der Waals surface area contributed by atoms with Crippen molar-refractivity contribution in [3.63, 3.8) is 0 Å². The quantitative estimate of drug-likeness (QED) is 0.470. The van der Waals surface area contributed by atoms with Gasteiger partial charge in [-0.25, -0.2) is 16.8 Å². The fourth-order valence-corrected chi connectivity index (χ4v) is 6.41. The Kier molecular flexibility index (Phi) is 5.98. The van der Waals surface area contributed by atoms with Gasteiger partial charge in [0, 0.05) is 18.8 Å². The molecule has 13 heteroatoms. The van der Waals surface area contributed by atoms with Crippen LogP contribution in [0.5, 0.6) is 0 Å². The van der Waals surface area contributed by atoms with E-state index in [4.69, 9.17) is 0 Å². The number of halogens is 6. The van der Waals surface area contributed by atoms with E-state index in [9.17, 15) is 43.2 Å². The average Bonchev–Trinajstić information content (AvgIpc) is 2.63. The molecule has 2 aliphatic rings. The lowest BCUT2D eigenvalue weighted by Gasteiger charge is -2.37. The van der Waals surface area contributed by atoms with Gasteiger partial charge in [-0.15, -0.1) is 0 Å². The predicted molar refractivity (Wildman–Crippen MR) is 102 cm³/mol. The summed E-state index contributed by atoms with van der Waals surface area (Å²) in [6, 6.07) is 3.41. The number of sulfone groups is 2. The third-order valence-electron chi connectivity index (χ3n) is 5.01. The van der Waals surface area contributed by atoms with Crippen LogP contribution >= 0.6 is 0 Å². The van der Waals surface area contributed by atoms with Crippen LogP contribution in [0.3, 0.4) is 0 Å². The zero-order chi connectivity index (χ0) is 23.2. The Morgan fingerprint density at radius 3 is 1.71 bits per heavy atom. The van der Waals surface area contributed by atoms with Gasteiger partial charge in [-0.3, -0.25) is 0 Å². The van der Waals surface area contributed by atoms with Crippen molar-refractivity contribution in [1.82, 2.24) is 0 Å². The maximum atomic E-state index is 12.8. The minimum Gasteiger partial charge on any atom is -0.371 e. The van der Waals surface area contributed by atoms with E-state index in [2.05, 4.69) is 4.90 Å². The molecule has 0 N–H and O–H groups in total. The number of rotatable bonds is 4. The van der Waals surface area contributed by atoms with Crippen molar-refractivity contribution in [2.45, 2.75) is 36.7 Å². The summed E-state index contributed by atoms with van der Waals surface area (Å²) in [6.45, 7) is 1.79. The Morgan fingerprint density at radius 1 is 0.839 bits per heavy atom. The molecule has 0 saturated carbocycles. The normalized spacial score (nSPS) is 17.5. The van der Waals surface area contributed by atoms with Crippen molar-refractivity contribution >= 4 is 31.4 Å². The Balaban J connectivity index is 2.06. The van der Waals surface area contributed by atoms with E-state index in [1.54, 1.807) is 12.1 Å². The molecule has 2 heterocycles. The topological polar surface area (TPSA) is 71.5 Å². The molecule has 1 aromatic carbocycles.